The van der Waals surface area contributed by atoms with Crippen LogP contribution in [0.15, 0.2) is 54.6 Å². The minimum Gasteiger partial charge on any atom is -0.376 e. The number of carbonyl (C=O) groups excluding carboxylic acids is 1. The van der Waals surface area contributed by atoms with Gasteiger partial charge >= 0.3 is 0 Å². The number of carbonyl (C=O) groups is 1. The third-order valence-electron chi connectivity index (χ3n) is 3.22. The predicted molar refractivity (Wildman–Crippen MR) is 87.6 cm³/mol. The molecular weight excluding hydrogens is 284 g/mol. The van der Waals surface area contributed by atoms with E-state index in [1.165, 1.54) is 0 Å². The number of halogens is 1. The Morgan fingerprint density at radius 3 is 2.57 bits per heavy atom. The maximum absolute atomic E-state index is 12.0. The predicted octanol–water partition coefficient (Wildman–Crippen LogP) is 4.02. The first-order chi connectivity index (χ1) is 10.2. The number of benzene rings is 2. The van der Waals surface area contributed by atoms with Crippen LogP contribution in [0.3, 0.4) is 0 Å². The zero-order valence-corrected chi connectivity index (χ0v) is 12.7. The van der Waals surface area contributed by atoms with E-state index in [2.05, 4.69) is 17.6 Å². The lowest BCUT2D eigenvalue weighted by atomic mass is 10.0. The minimum absolute atomic E-state index is 0.0364. The third kappa shape index (κ3) is 4.80. The number of nitrogens with one attached hydrogen (secondary N) is 2. The molecule has 0 saturated heterocycles. The molecule has 2 N–H and O–H groups in total. The average molecular weight is 303 g/mol. The monoisotopic (exact) mass is 302 g/mol. The summed E-state index contributed by atoms with van der Waals surface area (Å²) in [7, 11) is 0. The van der Waals surface area contributed by atoms with E-state index in [1.807, 2.05) is 42.5 Å². The molecule has 0 aliphatic rings. The van der Waals surface area contributed by atoms with Crippen molar-refractivity contribution in [3.8, 4) is 0 Å². The van der Waals surface area contributed by atoms with Crippen LogP contribution < -0.4 is 10.6 Å². The third-order valence-corrected chi connectivity index (χ3v) is 3.46. The maximum Gasteiger partial charge on any atom is 0.239 e. The number of rotatable bonds is 6. The SMILES string of the molecule is CCC(NC(=O)CNc1cccc(Cl)c1)c1ccccc1. The molecule has 1 amide bonds. The highest BCUT2D eigenvalue weighted by molar-refractivity contribution is 6.30. The summed E-state index contributed by atoms with van der Waals surface area (Å²) < 4.78 is 0. The second-order valence-corrected chi connectivity index (χ2v) is 5.24. The Hall–Kier alpha value is -2.00. The second kappa shape index (κ2) is 7.70. The summed E-state index contributed by atoms with van der Waals surface area (Å²) in [6, 6.07) is 17.4. The van der Waals surface area contributed by atoms with Crippen LogP contribution in [0.1, 0.15) is 24.9 Å². The van der Waals surface area contributed by atoms with Crippen LogP contribution in [0, 0.1) is 0 Å². The van der Waals surface area contributed by atoms with Crippen LogP contribution >= 0.6 is 11.6 Å². The summed E-state index contributed by atoms with van der Waals surface area (Å²) in [5.74, 6) is -0.0364. The Balaban J connectivity index is 1.89. The lowest BCUT2D eigenvalue weighted by Crippen LogP contribution is -2.33. The molecule has 4 heteroatoms. The Bertz CT molecular complexity index is 586. The molecule has 0 saturated carbocycles. The topological polar surface area (TPSA) is 41.1 Å². The average Bonchev–Trinajstić information content (AvgIpc) is 2.51. The highest BCUT2D eigenvalue weighted by atomic mass is 35.5. The van der Waals surface area contributed by atoms with Crippen molar-refractivity contribution in [1.82, 2.24) is 5.32 Å². The number of anilines is 1. The number of hydrogen-bond acceptors (Lipinski definition) is 2. The van der Waals surface area contributed by atoms with Crippen molar-refractivity contribution in [2.24, 2.45) is 0 Å². The van der Waals surface area contributed by atoms with Gasteiger partial charge in [0.2, 0.25) is 5.91 Å². The van der Waals surface area contributed by atoms with Crippen LogP contribution in [-0.4, -0.2) is 12.5 Å². The van der Waals surface area contributed by atoms with Crippen molar-refractivity contribution in [3.63, 3.8) is 0 Å². The summed E-state index contributed by atoms with van der Waals surface area (Å²) in [6.45, 7) is 2.28. The molecule has 1 atom stereocenters. The van der Waals surface area contributed by atoms with Crippen LogP contribution in [0.4, 0.5) is 5.69 Å². The molecule has 0 heterocycles. The normalized spacial score (nSPS) is 11.7. The molecule has 0 aromatic heterocycles. The van der Waals surface area contributed by atoms with Crippen LogP contribution in [0.5, 0.6) is 0 Å². The van der Waals surface area contributed by atoms with Gasteiger partial charge in [-0.15, -0.1) is 0 Å². The molecule has 21 heavy (non-hydrogen) atoms. The summed E-state index contributed by atoms with van der Waals surface area (Å²) in [5, 5.41) is 6.75. The highest BCUT2D eigenvalue weighted by Gasteiger charge is 2.11. The van der Waals surface area contributed by atoms with E-state index in [4.69, 9.17) is 11.6 Å². The molecule has 0 radical (unpaired) electrons. The van der Waals surface area contributed by atoms with Gasteiger partial charge in [0.05, 0.1) is 12.6 Å². The van der Waals surface area contributed by atoms with Gasteiger partial charge in [-0.1, -0.05) is 54.9 Å². The first-order valence-corrected chi connectivity index (χ1v) is 7.40. The molecule has 0 aliphatic carbocycles. The maximum atomic E-state index is 12.0. The Morgan fingerprint density at radius 1 is 1.14 bits per heavy atom. The van der Waals surface area contributed by atoms with Gasteiger partial charge in [0.25, 0.3) is 0 Å². The summed E-state index contributed by atoms with van der Waals surface area (Å²) in [5.41, 5.74) is 1.96. The van der Waals surface area contributed by atoms with Gasteiger partial charge in [0.1, 0.15) is 0 Å². The van der Waals surface area contributed by atoms with E-state index < -0.39 is 0 Å². The van der Waals surface area contributed by atoms with E-state index in [9.17, 15) is 4.79 Å². The van der Waals surface area contributed by atoms with E-state index in [0.29, 0.717) is 5.02 Å². The van der Waals surface area contributed by atoms with Crippen LogP contribution in [0.2, 0.25) is 5.02 Å². The van der Waals surface area contributed by atoms with Gasteiger partial charge in [-0.2, -0.15) is 0 Å². The van der Waals surface area contributed by atoms with E-state index >= 15 is 0 Å². The van der Waals surface area contributed by atoms with Gasteiger partial charge in [0.15, 0.2) is 0 Å². The highest BCUT2D eigenvalue weighted by Crippen LogP contribution is 2.16. The summed E-state index contributed by atoms with van der Waals surface area (Å²) in [6.07, 6.45) is 0.854. The molecular formula is C17H19ClN2O. The van der Waals surface area contributed by atoms with Crippen molar-refractivity contribution >= 4 is 23.2 Å². The molecule has 0 spiro atoms. The molecule has 2 aromatic rings. The van der Waals surface area contributed by atoms with Crippen LogP contribution in [0.25, 0.3) is 0 Å². The van der Waals surface area contributed by atoms with Gasteiger partial charge in [-0.25, -0.2) is 0 Å². The first kappa shape index (κ1) is 15.4. The van der Waals surface area contributed by atoms with E-state index in [1.54, 1.807) is 12.1 Å². The van der Waals surface area contributed by atoms with Crippen molar-refractivity contribution in [2.45, 2.75) is 19.4 Å². The Morgan fingerprint density at radius 2 is 1.90 bits per heavy atom. The fourth-order valence-electron chi connectivity index (χ4n) is 2.13. The fraction of sp³-hybridized carbons (Fsp3) is 0.235. The molecule has 0 bridgehead atoms. The lowest BCUT2D eigenvalue weighted by molar-refractivity contribution is -0.120. The summed E-state index contributed by atoms with van der Waals surface area (Å²) in [4.78, 5) is 12.0. The van der Waals surface area contributed by atoms with Crippen molar-refractivity contribution in [3.05, 3.63) is 65.2 Å². The van der Waals surface area contributed by atoms with Gasteiger partial charge < -0.3 is 10.6 Å². The number of amides is 1. The van der Waals surface area contributed by atoms with Gasteiger partial charge in [-0.3, -0.25) is 4.79 Å². The van der Waals surface area contributed by atoms with E-state index in [-0.39, 0.29) is 18.5 Å². The Labute approximate surface area is 130 Å². The zero-order valence-electron chi connectivity index (χ0n) is 12.0. The smallest absolute Gasteiger partial charge is 0.239 e. The standard InChI is InChI=1S/C17H19ClN2O/c1-2-16(13-7-4-3-5-8-13)20-17(21)12-19-15-10-6-9-14(18)11-15/h3-11,16,19H,2,12H2,1H3,(H,20,21). The molecule has 2 rings (SSSR count). The molecule has 3 nitrogen and oxygen atoms in total. The molecule has 2 aromatic carbocycles. The van der Waals surface area contributed by atoms with Gasteiger partial charge in [-0.05, 0) is 30.2 Å². The van der Waals surface area contributed by atoms with Crippen molar-refractivity contribution < 1.29 is 4.79 Å². The Kier molecular flexibility index (Phi) is 5.64. The summed E-state index contributed by atoms with van der Waals surface area (Å²) >= 11 is 5.91. The molecule has 0 aliphatic heterocycles. The van der Waals surface area contributed by atoms with Crippen LogP contribution in [-0.2, 0) is 4.79 Å². The van der Waals surface area contributed by atoms with Gasteiger partial charge in [0, 0.05) is 10.7 Å². The largest absolute Gasteiger partial charge is 0.376 e. The van der Waals surface area contributed by atoms with E-state index in [0.717, 1.165) is 17.7 Å². The van der Waals surface area contributed by atoms with Crippen molar-refractivity contribution in [1.29, 1.82) is 0 Å². The fourth-order valence-corrected chi connectivity index (χ4v) is 2.32. The van der Waals surface area contributed by atoms with Crippen molar-refractivity contribution in [2.75, 3.05) is 11.9 Å². The minimum atomic E-state index is -0.0364. The lowest BCUT2D eigenvalue weighted by Gasteiger charge is -2.18. The zero-order chi connectivity index (χ0) is 15.1. The first-order valence-electron chi connectivity index (χ1n) is 7.02. The second-order valence-electron chi connectivity index (χ2n) is 4.80. The molecule has 0 fully saturated rings. The quantitative estimate of drug-likeness (QED) is 0.846. The number of hydrogen-bond donors (Lipinski definition) is 2. The molecule has 110 valence electrons. The molecule has 1 unspecified atom stereocenters.